The Hall–Kier alpha value is -2.27. The number of hydrogen-bond donors (Lipinski definition) is 1. The van der Waals surface area contributed by atoms with Crippen molar-refractivity contribution in [2.45, 2.75) is 6.42 Å². The van der Waals surface area contributed by atoms with Crippen LogP contribution in [0, 0.1) is 5.82 Å². The number of rotatable bonds is 6. The average Bonchev–Trinajstić information content (AvgIpc) is 2.54. The van der Waals surface area contributed by atoms with Gasteiger partial charge >= 0.3 is 0 Å². The van der Waals surface area contributed by atoms with E-state index in [1.165, 1.54) is 12.1 Å². The molecule has 0 aliphatic carbocycles. The van der Waals surface area contributed by atoms with Crippen molar-refractivity contribution in [1.82, 2.24) is 5.32 Å². The van der Waals surface area contributed by atoms with Crippen molar-refractivity contribution < 1.29 is 18.7 Å². The zero-order chi connectivity index (χ0) is 16.8. The molecule has 0 bridgehead atoms. The molecule has 6 heteroatoms. The van der Waals surface area contributed by atoms with Gasteiger partial charge in [-0.25, -0.2) is 4.39 Å². The lowest BCUT2D eigenvalue weighted by atomic mass is 10.1. The molecule has 122 valence electrons. The van der Waals surface area contributed by atoms with Crippen molar-refractivity contribution in [3.8, 4) is 11.5 Å². The fourth-order valence-corrected chi connectivity index (χ4v) is 2.38. The number of benzene rings is 2. The summed E-state index contributed by atoms with van der Waals surface area (Å²) in [6.07, 6.45) is 0.616. The molecule has 0 saturated carbocycles. The van der Waals surface area contributed by atoms with Crippen LogP contribution in [0.4, 0.5) is 4.39 Å². The molecule has 0 heterocycles. The van der Waals surface area contributed by atoms with E-state index in [1.807, 2.05) is 18.2 Å². The Labute approximate surface area is 139 Å². The lowest BCUT2D eigenvalue weighted by Crippen LogP contribution is -2.26. The Morgan fingerprint density at radius 3 is 2.52 bits per heavy atom. The fraction of sp³-hybridized carbons (Fsp3) is 0.235. The lowest BCUT2D eigenvalue weighted by Gasteiger charge is -2.10. The SMILES string of the molecule is COc1ccc(CCNC(=O)c2ccc(F)cc2Cl)cc1OC. The highest BCUT2D eigenvalue weighted by molar-refractivity contribution is 6.33. The van der Waals surface area contributed by atoms with Crippen molar-refractivity contribution in [3.63, 3.8) is 0 Å². The molecule has 0 unspecified atom stereocenters. The normalized spacial score (nSPS) is 10.3. The molecule has 1 N–H and O–H groups in total. The number of carbonyl (C=O) groups is 1. The third-order valence-corrected chi connectivity index (χ3v) is 3.64. The highest BCUT2D eigenvalue weighted by atomic mass is 35.5. The molecule has 0 aliphatic heterocycles. The predicted octanol–water partition coefficient (Wildman–Crippen LogP) is 3.47. The first-order valence-corrected chi connectivity index (χ1v) is 7.37. The van der Waals surface area contributed by atoms with Gasteiger partial charge in [0.05, 0.1) is 24.8 Å². The zero-order valence-electron chi connectivity index (χ0n) is 12.9. The molecule has 2 rings (SSSR count). The number of carbonyl (C=O) groups excluding carboxylic acids is 1. The maximum Gasteiger partial charge on any atom is 0.252 e. The summed E-state index contributed by atoms with van der Waals surface area (Å²) in [7, 11) is 3.14. The predicted molar refractivity (Wildman–Crippen MR) is 87.0 cm³/mol. The van der Waals surface area contributed by atoms with Gasteiger partial charge in [0.2, 0.25) is 0 Å². The standard InChI is InChI=1S/C17H17ClFNO3/c1-22-15-6-3-11(9-16(15)23-2)7-8-20-17(21)13-5-4-12(19)10-14(13)18/h3-6,9-10H,7-8H2,1-2H3,(H,20,21). The molecule has 0 spiro atoms. The summed E-state index contributed by atoms with van der Waals surface area (Å²) in [5.41, 5.74) is 1.24. The zero-order valence-corrected chi connectivity index (χ0v) is 13.6. The molecule has 0 aliphatic rings. The van der Waals surface area contributed by atoms with E-state index in [-0.39, 0.29) is 16.5 Å². The van der Waals surface area contributed by atoms with E-state index in [9.17, 15) is 9.18 Å². The van der Waals surface area contributed by atoms with Gasteiger partial charge in [-0.2, -0.15) is 0 Å². The molecule has 4 nitrogen and oxygen atoms in total. The van der Waals surface area contributed by atoms with E-state index in [2.05, 4.69) is 5.32 Å². The van der Waals surface area contributed by atoms with Gasteiger partial charge in [-0.05, 0) is 42.3 Å². The van der Waals surface area contributed by atoms with Crippen LogP contribution in [0.2, 0.25) is 5.02 Å². The largest absolute Gasteiger partial charge is 0.493 e. The summed E-state index contributed by atoms with van der Waals surface area (Å²) in [4.78, 5) is 12.0. The van der Waals surface area contributed by atoms with Crippen LogP contribution >= 0.6 is 11.6 Å². The molecule has 0 aromatic heterocycles. The van der Waals surface area contributed by atoms with E-state index < -0.39 is 5.82 Å². The molecule has 1 amide bonds. The Balaban J connectivity index is 1.95. The van der Waals surface area contributed by atoms with Gasteiger partial charge in [0.1, 0.15) is 5.82 Å². The van der Waals surface area contributed by atoms with Crippen molar-refractivity contribution in [1.29, 1.82) is 0 Å². The molecule has 0 radical (unpaired) electrons. The van der Waals surface area contributed by atoms with Crippen LogP contribution in [0.25, 0.3) is 0 Å². The first-order chi connectivity index (χ1) is 11.0. The monoisotopic (exact) mass is 337 g/mol. The van der Waals surface area contributed by atoms with Crippen LogP contribution in [0.3, 0.4) is 0 Å². The summed E-state index contributed by atoms with van der Waals surface area (Å²) in [6.45, 7) is 0.419. The van der Waals surface area contributed by atoms with Crippen LogP contribution in [0.1, 0.15) is 15.9 Å². The number of ether oxygens (including phenoxy) is 2. The highest BCUT2D eigenvalue weighted by Crippen LogP contribution is 2.27. The first kappa shape index (κ1) is 17.1. The van der Waals surface area contributed by atoms with E-state index in [0.717, 1.165) is 11.6 Å². The van der Waals surface area contributed by atoms with Crippen molar-refractivity contribution in [3.05, 3.63) is 58.4 Å². The Morgan fingerprint density at radius 2 is 1.87 bits per heavy atom. The highest BCUT2D eigenvalue weighted by Gasteiger charge is 2.11. The second kappa shape index (κ2) is 7.83. The summed E-state index contributed by atoms with van der Waals surface area (Å²) in [6, 6.07) is 9.25. The number of nitrogens with one attached hydrogen (secondary N) is 1. The summed E-state index contributed by atoms with van der Waals surface area (Å²) in [5, 5.41) is 2.85. The third kappa shape index (κ3) is 4.36. The number of hydrogen-bond acceptors (Lipinski definition) is 3. The van der Waals surface area contributed by atoms with Gasteiger partial charge in [0.25, 0.3) is 5.91 Å². The minimum absolute atomic E-state index is 0.0913. The maximum absolute atomic E-state index is 13.0. The van der Waals surface area contributed by atoms with E-state index in [4.69, 9.17) is 21.1 Å². The Kier molecular flexibility index (Phi) is 5.82. The van der Waals surface area contributed by atoms with Crippen molar-refractivity contribution in [2.24, 2.45) is 0 Å². The smallest absolute Gasteiger partial charge is 0.252 e. The number of halogens is 2. The van der Waals surface area contributed by atoms with Crippen molar-refractivity contribution in [2.75, 3.05) is 20.8 Å². The minimum Gasteiger partial charge on any atom is -0.493 e. The minimum atomic E-state index is -0.475. The third-order valence-electron chi connectivity index (χ3n) is 3.32. The Bertz CT molecular complexity index is 706. The molecule has 2 aromatic rings. The second-order valence-corrected chi connectivity index (χ2v) is 5.23. The van der Waals surface area contributed by atoms with Crippen LogP contribution < -0.4 is 14.8 Å². The van der Waals surface area contributed by atoms with Crippen LogP contribution in [0.5, 0.6) is 11.5 Å². The topological polar surface area (TPSA) is 47.6 Å². The second-order valence-electron chi connectivity index (χ2n) is 4.82. The molecule has 23 heavy (non-hydrogen) atoms. The van der Waals surface area contributed by atoms with E-state index >= 15 is 0 Å². The van der Waals surface area contributed by atoms with Crippen LogP contribution in [-0.4, -0.2) is 26.7 Å². The summed E-state index contributed by atoms with van der Waals surface area (Å²) in [5.74, 6) is 0.476. The molecule has 0 fully saturated rings. The maximum atomic E-state index is 13.0. The van der Waals surface area contributed by atoms with Gasteiger partial charge < -0.3 is 14.8 Å². The fourth-order valence-electron chi connectivity index (χ4n) is 2.13. The first-order valence-electron chi connectivity index (χ1n) is 6.99. The van der Waals surface area contributed by atoms with E-state index in [0.29, 0.717) is 24.5 Å². The molecule has 2 aromatic carbocycles. The summed E-state index contributed by atoms with van der Waals surface area (Å²) < 4.78 is 23.4. The Morgan fingerprint density at radius 1 is 1.13 bits per heavy atom. The van der Waals surface area contributed by atoms with Gasteiger partial charge in [-0.1, -0.05) is 17.7 Å². The van der Waals surface area contributed by atoms with Crippen LogP contribution in [-0.2, 0) is 6.42 Å². The quantitative estimate of drug-likeness (QED) is 0.878. The molecular formula is C17H17ClFNO3. The molecular weight excluding hydrogens is 321 g/mol. The van der Waals surface area contributed by atoms with E-state index in [1.54, 1.807) is 14.2 Å². The number of methoxy groups -OCH3 is 2. The van der Waals surface area contributed by atoms with Gasteiger partial charge in [0, 0.05) is 6.54 Å². The summed E-state index contributed by atoms with van der Waals surface area (Å²) >= 11 is 5.86. The molecule has 0 atom stereocenters. The van der Waals surface area contributed by atoms with Gasteiger partial charge in [-0.3, -0.25) is 4.79 Å². The lowest BCUT2D eigenvalue weighted by molar-refractivity contribution is 0.0954. The van der Waals surface area contributed by atoms with Crippen LogP contribution in [0.15, 0.2) is 36.4 Å². The molecule has 0 saturated heterocycles. The van der Waals surface area contributed by atoms with Gasteiger partial charge in [0.15, 0.2) is 11.5 Å². The number of amides is 1. The van der Waals surface area contributed by atoms with Gasteiger partial charge in [-0.15, -0.1) is 0 Å². The average molecular weight is 338 g/mol. The van der Waals surface area contributed by atoms with Crippen molar-refractivity contribution >= 4 is 17.5 Å².